The lowest BCUT2D eigenvalue weighted by Crippen LogP contribution is -2.51. The molecule has 8 heteroatoms. The van der Waals surface area contributed by atoms with Crippen molar-refractivity contribution in [3.8, 4) is 11.6 Å². The van der Waals surface area contributed by atoms with Crippen LogP contribution in [0.15, 0.2) is 79.0 Å². The molecule has 5 rings (SSSR count). The minimum Gasteiger partial charge on any atom is -0.459 e. The van der Waals surface area contributed by atoms with Crippen molar-refractivity contribution < 1.29 is 23.9 Å². The van der Waals surface area contributed by atoms with Crippen LogP contribution in [0.25, 0.3) is 0 Å². The fourth-order valence-electron chi connectivity index (χ4n) is 5.24. The van der Waals surface area contributed by atoms with E-state index in [2.05, 4.69) is 17.2 Å². The van der Waals surface area contributed by atoms with Gasteiger partial charge in [-0.3, -0.25) is 9.59 Å². The summed E-state index contributed by atoms with van der Waals surface area (Å²) in [6.45, 7) is 4.00. The molecule has 0 spiro atoms. The molecule has 3 aromatic rings. The number of amides is 2. The van der Waals surface area contributed by atoms with Crippen LogP contribution < -0.4 is 10.1 Å². The first-order valence-electron chi connectivity index (χ1n) is 12.3. The van der Waals surface area contributed by atoms with Crippen LogP contribution in [0.2, 0.25) is 0 Å². The van der Waals surface area contributed by atoms with Crippen molar-refractivity contribution in [2.24, 2.45) is 5.41 Å². The zero-order chi connectivity index (χ0) is 26.0. The van der Waals surface area contributed by atoms with Gasteiger partial charge in [0.25, 0.3) is 5.91 Å². The van der Waals surface area contributed by atoms with E-state index >= 15 is 0 Å². The minimum absolute atomic E-state index is 0.137. The number of benzene rings is 2. The highest BCUT2D eigenvalue weighted by Crippen LogP contribution is 2.67. The first-order chi connectivity index (χ1) is 17.8. The summed E-state index contributed by atoms with van der Waals surface area (Å²) in [6, 6.07) is 21.2. The molecule has 0 radical (unpaired) electrons. The van der Waals surface area contributed by atoms with Crippen LogP contribution in [-0.4, -0.2) is 45.8 Å². The number of esters is 1. The van der Waals surface area contributed by atoms with Gasteiger partial charge in [-0.2, -0.15) is 0 Å². The molecule has 1 aliphatic carbocycles. The largest absolute Gasteiger partial charge is 0.459 e. The smallest absolute Gasteiger partial charge is 0.329 e. The van der Waals surface area contributed by atoms with Gasteiger partial charge in [-0.05, 0) is 48.9 Å². The van der Waals surface area contributed by atoms with Crippen LogP contribution in [0.1, 0.15) is 42.6 Å². The number of nitrogens with one attached hydrogen (secondary N) is 1. The van der Waals surface area contributed by atoms with Crippen LogP contribution in [-0.2, 0) is 20.9 Å². The molecule has 2 aliphatic rings. The Morgan fingerprint density at radius 1 is 1.00 bits per heavy atom. The molecule has 0 bridgehead atoms. The number of likely N-dealkylation sites (tertiary alicyclic amines) is 1. The summed E-state index contributed by atoms with van der Waals surface area (Å²) in [5.41, 5.74) is 0.622. The average molecular weight is 500 g/mol. The molecule has 1 saturated heterocycles. The molecule has 2 heterocycles. The van der Waals surface area contributed by atoms with Crippen molar-refractivity contribution in [1.29, 1.82) is 0 Å². The van der Waals surface area contributed by atoms with E-state index in [1.807, 2.05) is 67.6 Å². The molecule has 1 unspecified atom stereocenters. The Hall–Kier alpha value is -4.20. The second-order valence-corrected chi connectivity index (χ2v) is 10.1. The normalized spacial score (nSPS) is 23.6. The first-order valence-corrected chi connectivity index (χ1v) is 12.3. The van der Waals surface area contributed by atoms with E-state index in [1.54, 1.807) is 17.0 Å². The summed E-state index contributed by atoms with van der Waals surface area (Å²) in [5, 5.41) is 2.67. The van der Waals surface area contributed by atoms with Gasteiger partial charge < -0.3 is 19.7 Å². The third-order valence-corrected chi connectivity index (χ3v) is 7.53. The lowest BCUT2D eigenvalue weighted by Gasteiger charge is -2.31. The number of carbonyl (C=O) groups is 3. The fraction of sp³-hybridized carbons (Fsp3) is 0.310. The number of ether oxygens (including phenoxy) is 2. The van der Waals surface area contributed by atoms with Crippen molar-refractivity contribution in [2.75, 3.05) is 6.54 Å². The van der Waals surface area contributed by atoms with Gasteiger partial charge in [-0.25, -0.2) is 9.78 Å². The number of fused-ring (bicyclic) bond motifs is 1. The third-order valence-electron chi connectivity index (χ3n) is 7.53. The summed E-state index contributed by atoms with van der Waals surface area (Å²) in [4.78, 5) is 44.8. The number of rotatable bonds is 8. The second kappa shape index (κ2) is 9.69. The predicted molar refractivity (Wildman–Crippen MR) is 136 cm³/mol. The van der Waals surface area contributed by atoms with E-state index in [9.17, 15) is 14.4 Å². The summed E-state index contributed by atoms with van der Waals surface area (Å²) in [6.07, 6.45) is 2.76. The van der Waals surface area contributed by atoms with Gasteiger partial charge in [0.15, 0.2) is 0 Å². The Balaban J connectivity index is 1.19. The number of nitrogens with zero attached hydrogens (tertiary/aromatic N) is 2. The maximum Gasteiger partial charge on any atom is 0.329 e. The Labute approximate surface area is 215 Å². The van der Waals surface area contributed by atoms with Crippen LogP contribution in [0.3, 0.4) is 0 Å². The van der Waals surface area contributed by atoms with E-state index in [0.29, 0.717) is 23.6 Å². The zero-order valence-electron chi connectivity index (χ0n) is 20.8. The van der Waals surface area contributed by atoms with Crippen molar-refractivity contribution in [2.45, 2.75) is 44.9 Å². The van der Waals surface area contributed by atoms with E-state index in [0.717, 1.165) is 12.0 Å². The van der Waals surface area contributed by atoms with E-state index < -0.39 is 23.5 Å². The molecule has 37 heavy (non-hydrogen) atoms. The maximum absolute atomic E-state index is 13.3. The molecule has 3 atom stereocenters. The van der Waals surface area contributed by atoms with Crippen molar-refractivity contribution in [1.82, 2.24) is 15.2 Å². The van der Waals surface area contributed by atoms with Crippen molar-refractivity contribution in [3.63, 3.8) is 0 Å². The van der Waals surface area contributed by atoms with Crippen LogP contribution in [0, 0.1) is 5.41 Å². The van der Waals surface area contributed by atoms with Crippen molar-refractivity contribution >= 4 is 17.8 Å². The molecule has 190 valence electrons. The number of carbonyl (C=O) groups excluding carboxylic acids is 3. The van der Waals surface area contributed by atoms with Gasteiger partial charge in [0.2, 0.25) is 11.8 Å². The van der Waals surface area contributed by atoms with Crippen molar-refractivity contribution in [3.05, 3.63) is 90.1 Å². The molecule has 2 aromatic carbocycles. The lowest BCUT2D eigenvalue weighted by molar-refractivity contribution is -0.156. The Kier molecular flexibility index (Phi) is 6.41. The van der Waals surface area contributed by atoms with E-state index in [-0.39, 0.29) is 24.5 Å². The summed E-state index contributed by atoms with van der Waals surface area (Å²) < 4.78 is 11.2. The Bertz CT molecular complexity index is 1300. The average Bonchev–Trinajstić information content (AvgIpc) is 3.37. The maximum atomic E-state index is 13.3. The van der Waals surface area contributed by atoms with Gasteiger partial charge in [0.05, 0.1) is 12.1 Å². The number of para-hydroxylation sites is 1. The quantitative estimate of drug-likeness (QED) is 0.469. The van der Waals surface area contributed by atoms with Crippen LogP contribution >= 0.6 is 0 Å². The summed E-state index contributed by atoms with van der Waals surface area (Å²) in [5.74, 6) is -0.167. The van der Waals surface area contributed by atoms with Gasteiger partial charge in [-0.1, -0.05) is 55.5 Å². The highest BCUT2D eigenvalue weighted by molar-refractivity contribution is 5.97. The third kappa shape index (κ3) is 4.91. The number of hydrogen-bond donors (Lipinski definition) is 1. The second-order valence-electron chi connectivity index (χ2n) is 10.1. The van der Waals surface area contributed by atoms with Gasteiger partial charge in [0.1, 0.15) is 18.4 Å². The van der Waals surface area contributed by atoms with E-state index in [4.69, 9.17) is 9.47 Å². The first kappa shape index (κ1) is 24.5. The number of piperidine rings is 1. The molecular weight excluding hydrogens is 470 g/mol. The molecule has 1 aliphatic heterocycles. The fourth-order valence-corrected chi connectivity index (χ4v) is 5.24. The summed E-state index contributed by atoms with van der Waals surface area (Å²) >= 11 is 0. The topological polar surface area (TPSA) is 97.8 Å². The van der Waals surface area contributed by atoms with Gasteiger partial charge in [-0.15, -0.1) is 0 Å². The molecule has 1 N–H and O–H groups in total. The molecular formula is C29H29N3O5. The van der Waals surface area contributed by atoms with Crippen LogP contribution in [0.4, 0.5) is 0 Å². The van der Waals surface area contributed by atoms with Gasteiger partial charge in [0, 0.05) is 17.8 Å². The number of aromatic nitrogens is 1. The lowest BCUT2D eigenvalue weighted by atomic mass is 10.0. The zero-order valence-corrected chi connectivity index (χ0v) is 20.8. The molecule has 1 aromatic heterocycles. The van der Waals surface area contributed by atoms with Gasteiger partial charge >= 0.3 is 5.97 Å². The summed E-state index contributed by atoms with van der Waals surface area (Å²) in [7, 11) is 0. The highest BCUT2D eigenvalue weighted by Gasteiger charge is 2.73. The number of hydrogen-bond acceptors (Lipinski definition) is 6. The number of pyridine rings is 1. The molecule has 1 saturated carbocycles. The standard InChI is InChI=1S/C29H29N3O5/c1-28-15-23(27(35)36-18-20-9-5-3-6-10-20)32(29(28,2)19-28)25(33)17-31-26(34)21-13-14-24(30-16-21)37-22-11-7-4-8-12-22/h3-14,16,23H,15,17-19H2,1-2H3,(H,31,34)/t23-,28+,29?/m0/s1. The molecule has 8 nitrogen and oxygen atoms in total. The Morgan fingerprint density at radius 3 is 2.38 bits per heavy atom. The SMILES string of the molecule is CC12C[C@@]1(C)C[C@@H](C(=O)OCc1ccccc1)N2C(=O)CNC(=O)c1ccc(Oc2ccccc2)nc1. The monoisotopic (exact) mass is 499 g/mol. The highest BCUT2D eigenvalue weighted by atomic mass is 16.5. The predicted octanol–water partition coefficient (Wildman–Crippen LogP) is 4.12. The Morgan fingerprint density at radius 2 is 1.70 bits per heavy atom. The van der Waals surface area contributed by atoms with E-state index in [1.165, 1.54) is 6.20 Å². The molecule has 2 amide bonds. The minimum atomic E-state index is -0.673. The molecule has 2 fully saturated rings. The van der Waals surface area contributed by atoms with Crippen LogP contribution in [0.5, 0.6) is 11.6 Å².